The number of aliphatic hydroxyl groups excluding tert-OH is 1. The minimum absolute atomic E-state index is 0.0606. The molecule has 98 valence electrons. The lowest BCUT2D eigenvalue weighted by Crippen LogP contribution is -2.38. The summed E-state index contributed by atoms with van der Waals surface area (Å²) in [6.45, 7) is 11.8. The van der Waals surface area contributed by atoms with Gasteiger partial charge in [0.05, 0.1) is 6.10 Å². The summed E-state index contributed by atoms with van der Waals surface area (Å²) in [5.41, 5.74) is 0.913. The standard InChI is InChI=1S/C15H26O2/c1-10-7-8-12(14(10,3)4)9-13(17)15(5,6)11(2)16/h7,12-13,17H,8-9H2,1-6H3/t12-,13-/m0/s1. The molecular formula is C15H26O2. The van der Waals surface area contributed by atoms with Gasteiger partial charge in [0, 0.05) is 5.41 Å². The molecule has 1 rings (SSSR count). The van der Waals surface area contributed by atoms with Crippen molar-refractivity contribution in [2.75, 3.05) is 0 Å². The molecule has 0 amide bonds. The highest BCUT2D eigenvalue weighted by Crippen LogP contribution is 2.46. The molecule has 0 aromatic heterocycles. The van der Waals surface area contributed by atoms with Gasteiger partial charge in [-0.05, 0) is 38.0 Å². The number of carbonyl (C=O) groups excluding carboxylic acids is 1. The topological polar surface area (TPSA) is 37.3 Å². The van der Waals surface area contributed by atoms with Crippen molar-refractivity contribution in [3.63, 3.8) is 0 Å². The second kappa shape index (κ2) is 4.56. The molecule has 0 fully saturated rings. The lowest BCUT2D eigenvalue weighted by Gasteiger charge is -2.35. The lowest BCUT2D eigenvalue weighted by atomic mass is 9.71. The third-order valence-electron chi connectivity index (χ3n) is 4.99. The first-order valence-corrected chi connectivity index (χ1v) is 6.46. The molecule has 0 aliphatic heterocycles. The van der Waals surface area contributed by atoms with E-state index in [9.17, 15) is 9.90 Å². The first-order chi connectivity index (χ1) is 7.60. The molecule has 2 nitrogen and oxygen atoms in total. The van der Waals surface area contributed by atoms with E-state index in [1.54, 1.807) is 6.92 Å². The molecule has 17 heavy (non-hydrogen) atoms. The molecule has 0 spiro atoms. The third kappa shape index (κ3) is 2.62. The summed E-state index contributed by atoms with van der Waals surface area (Å²) in [5.74, 6) is 0.501. The normalized spacial score (nSPS) is 25.6. The zero-order valence-electron chi connectivity index (χ0n) is 12.0. The predicted octanol–water partition coefficient (Wildman–Crippen LogP) is 3.35. The molecule has 1 aliphatic rings. The number of hydrogen-bond acceptors (Lipinski definition) is 2. The van der Waals surface area contributed by atoms with Gasteiger partial charge >= 0.3 is 0 Å². The van der Waals surface area contributed by atoms with E-state index >= 15 is 0 Å². The van der Waals surface area contributed by atoms with Gasteiger partial charge in [-0.3, -0.25) is 4.79 Å². The van der Waals surface area contributed by atoms with Crippen LogP contribution in [0.3, 0.4) is 0 Å². The molecule has 0 saturated heterocycles. The van der Waals surface area contributed by atoms with Gasteiger partial charge in [-0.1, -0.05) is 39.3 Å². The van der Waals surface area contributed by atoms with Crippen LogP contribution in [0.15, 0.2) is 11.6 Å². The summed E-state index contributed by atoms with van der Waals surface area (Å²) >= 11 is 0. The predicted molar refractivity (Wildman–Crippen MR) is 70.7 cm³/mol. The number of ketones is 1. The van der Waals surface area contributed by atoms with Crippen molar-refractivity contribution in [2.45, 2.75) is 60.5 Å². The van der Waals surface area contributed by atoms with Crippen molar-refractivity contribution >= 4 is 5.78 Å². The van der Waals surface area contributed by atoms with Crippen LogP contribution in [0.25, 0.3) is 0 Å². The summed E-state index contributed by atoms with van der Waals surface area (Å²) in [5, 5.41) is 10.3. The van der Waals surface area contributed by atoms with E-state index in [-0.39, 0.29) is 11.2 Å². The van der Waals surface area contributed by atoms with Crippen LogP contribution in [-0.4, -0.2) is 17.0 Å². The largest absolute Gasteiger partial charge is 0.392 e. The van der Waals surface area contributed by atoms with Crippen molar-refractivity contribution in [3.8, 4) is 0 Å². The molecule has 2 atom stereocenters. The molecule has 0 aromatic rings. The zero-order chi connectivity index (χ0) is 13.4. The van der Waals surface area contributed by atoms with Crippen molar-refractivity contribution in [1.82, 2.24) is 0 Å². The molecule has 1 aliphatic carbocycles. The Labute approximate surface area is 105 Å². The van der Waals surface area contributed by atoms with Gasteiger partial charge in [0.25, 0.3) is 0 Å². The molecular weight excluding hydrogens is 212 g/mol. The van der Waals surface area contributed by atoms with Crippen LogP contribution in [0.1, 0.15) is 54.4 Å². The van der Waals surface area contributed by atoms with Crippen LogP contribution in [0.2, 0.25) is 0 Å². The number of Topliss-reactive ketones (excluding diaryl/α,β-unsaturated/α-hetero) is 1. The Morgan fingerprint density at radius 3 is 2.47 bits per heavy atom. The molecule has 0 unspecified atom stereocenters. The van der Waals surface area contributed by atoms with Crippen LogP contribution in [0.5, 0.6) is 0 Å². The second-order valence-corrected chi connectivity index (χ2v) is 6.57. The molecule has 0 aromatic carbocycles. The van der Waals surface area contributed by atoms with Crippen LogP contribution in [0.4, 0.5) is 0 Å². The van der Waals surface area contributed by atoms with Gasteiger partial charge in [-0.15, -0.1) is 0 Å². The Hall–Kier alpha value is -0.630. The highest BCUT2D eigenvalue weighted by molar-refractivity contribution is 5.82. The van der Waals surface area contributed by atoms with Gasteiger partial charge in [-0.25, -0.2) is 0 Å². The monoisotopic (exact) mass is 238 g/mol. The van der Waals surface area contributed by atoms with Crippen LogP contribution in [0, 0.1) is 16.7 Å². The average molecular weight is 238 g/mol. The van der Waals surface area contributed by atoms with E-state index in [0.29, 0.717) is 12.3 Å². The van der Waals surface area contributed by atoms with Gasteiger partial charge in [-0.2, -0.15) is 0 Å². The van der Waals surface area contributed by atoms with Crippen molar-refractivity contribution in [3.05, 3.63) is 11.6 Å². The van der Waals surface area contributed by atoms with E-state index in [2.05, 4.69) is 26.8 Å². The van der Waals surface area contributed by atoms with E-state index in [0.717, 1.165) is 6.42 Å². The summed E-state index contributed by atoms with van der Waals surface area (Å²) in [4.78, 5) is 11.5. The molecule has 0 radical (unpaired) electrons. The van der Waals surface area contributed by atoms with E-state index < -0.39 is 11.5 Å². The Bertz CT molecular complexity index is 337. The summed E-state index contributed by atoms with van der Waals surface area (Å²) in [6, 6.07) is 0. The SMILES string of the molecule is CC(=O)C(C)(C)[C@@H](O)C[C@@H]1CC=C(C)C1(C)C. The number of aliphatic hydroxyl groups is 1. The third-order valence-corrected chi connectivity index (χ3v) is 4.99. The van der Waals surface area contributed by atoms with Crippen LogP contribution >= 0.6 is 0 Å². The van der Waals surface area contributed by atoms with Crippen LogP contribution in [-0.2, 0) is 4.79 Å². The number of carbonyl (C=O) groups is 1. The number of rotatable bonds is 4. The molecule has 0 heterocycles. The van der Waals surface area contributed by atoms with Crippen molar-refractivity contribution in [2.24, 2.45) is 16.7 Å². The lowest BCUT2D eigenvalue weighted by molar-refractivity contribution is -0.131. The fourth-order valence-corrected chi connectivity index (χ4v) is 2.39. The second-order valence-electron chi connectivity index (χ2n) is 6.57. The maximum absolute atomic E-state index is 11.5. The maximum atomic E-state index is 11.5. The van der Waals surface area contributed by atoms with E-state index in [1.165, 1.54) is 5.57 Å². The van der Waals surface area contributed by atoms with E-state index in [4.69, 9.17) is 0 Å². The van der Waals surface area contributed by atoms with Crippen LogP contribution < -0.4 is 0 Å². The Morgan fingerprint density at radius 2 is 2.12 bits per heavy atom. The summed E-state index contributed by atoms with van der Waals surface area (Å²) in [7, 11) is 0. The molecule has 2 heteroatoms. The highest BCUT2D eigenvalue weighted by Gasteiger charge is 2.40. The van der Waals surface area contributed by atoms with Crippen molar-refractivity contribution in [1.29, 1.82) is 0 Å². The molecule has 1 N–H and O–H groups in total. The molecule has 0 bridgehead atoms. The quantitative estimate of drug-likeness (QED) is 0.763. The van der Waals surface area contributed by atoms with Gasteiger partial charge in [0.1, 0.15) is 5.78 Å². The zero-order valence-corrected chi connectivity index (χ0v) is 12.0. The highest BCUT2D eigenvalue weighted by atomic mass is 16.3. The fraction of sp³-hybridized carbons (Fsp3) is 0.800. The van der Waals surface area contributed by atoms with Gasteiger partial charge in [0.2, 0.25) is 0 Å². The molecule has 0 saturated carbocycles. The fourth-order valence-electron chi connectivity index (χ4n) is 2.39. The Balaban J connectivity index is 2.72. The minimum atomic E-state index is -0.632. The van der Waals surface area contributed by atoms with Crippen molar-refractivity contribution < 1.29 is 9.90 Å². The van der Waals surface area contributed by atoms with E-state index in [1.807, 2.05) is 13.8 Å². The van der Waals surface area contributed by atoms with Gasteiger partial charge in [0.15, 0.2) is 0 Å². The Morgan fingerprint density at radius 1 is 1.59 bits per heavy atom. The number of allylic oxidation sites excluding steroid dienone is 2. The van der Waals surface area contributed by atoms with Gasteiger partial charge < -0.3 is 5.11 Å². The first kappa shape index (κ1) is 14.4. The number of hydrogen-bond donors (Lipinski definition) is 1. The Kier molecular flexibility index (Phi) is 3.87. The summed E-state index contributed by atoms with van der Waals surface area (Å²) in [6.07, 6.45) is 3.43. The summed E-state index contributed by atoms with van der Waals surface area (Å²) < 4.78 is 0. The smallest absolute Gasteiger partial charge is 0.137 e. The maximum Gasteiger partial charge on any atom is 0.137 e. The minimum Gasteiger partial charge on any atom is -0.392 e. The average Bonchev–Trinajstić information content (AvgIpc) is 2.44. The first-order valence-electron chi connectivity index (χ1n) is 6.46.